The smallest absolute Gasteiger partial charge is 0.360 e. The molecule has 0 saturated carbocycles. The number of carboxylic acid groups (broad SMARTS) is 1. The Hall–Kier alpha value is -1.46. The number of allylic oxidation sites excluding steroid dienone is 2. The molecule has 1 rings (SSSR count). The van der Waals surface area contributed by atoms with Gasteiger partial charge in [-0.2, -0.15) is 0 Å². The largest absolute Gasteiger partial charge is 0.477 e. The van der Waals surface area contributed by atoms with Gasteiger partial charge >= 0.3 is 5.97 Å². The highest BCUT2D eigenvalue weighted by Crippen LogP contribution is 2.21. The molecule has 5 heteroatoms. The number of unbranched alkanes of at least 4 members (excludes halogenated alkanes) is 12. The van der Waals surface area contributed by atoms with Gasteiger partial charge in [0.15, 0.2) is 6.54 Å². The number of nitrogens with zero attached hydrogens (tertiary/aromatic N) is 2. The molecule has 1 heterocycles. The molecule has 1 atom stereocenters. The van der Waals surface area contributed by atoms with E-state index < -0.39 is 5.97 Å². The molecule has 0 saturated heterocycles. The van der Waals surface area contributed by atoms with Crippen molar-refractivity contribution in [3.63, 3.8) is 0 Å². The zero-order valence-corrected chi connectivity index (χ0v) is 19.4. The summed E-state index contributed by atoms with van der Waals surface area (Å²) in [5, 5.41) is 9.25. The van der Waals surface area contributed by atoms with E-state index in [-0.39, 0.29) is 6.54 Å². The van der Waals surface area contributed by atoms with Gasteiger partial charge in [0.1, 0.15) is 12.7 Å². The molecule has 30 heavy (non-hydrogen) atoms. The molecule has 0 spiro atoms. The van der Waals surface area contributed by atoms with Gasteiger partial charge in [-0.1, -0.05) is 76.9 Å². The number of hydrogen-bond donors (Lipinski definition) is 2. The summed E-state index contributed by atoms with van der Waals surface area (Å²) in [7, 11) is 0. The van der Waals surface area contributed by atoms with Crippen molar-refractivity contribution < 1.29 is 14.4 Å². The number of hydrogen-bond acceptors (Lipinski definition) is 3. The maximum absolute atomic E-state index is 11.3. The van der Waals surface area contributed by atoms with Gasteiger partial charge in [-0.3, -0.25) is 0 Å². The second-order valence-electron chi connectivity index (χ2n) is 8.63. The van der Waals surface area contributed by atoms with Gasteiger partial charge in [0.05, 0.1) is 6.20 Å². The van der Waals surface area contributed by atoms with E-state index >= 15 is 0 Å². The van der Waals surface area contributed by atoms with Crippen LogP contribution < -0.4 is 5.73 Å². The first-order valence-corrected chi connectivity index (χ1v) is 12.3. The zero-order valence-electron chi connectivity index (χ0n) is 19.4. The number of carbonyl (C=O) groups is 1. The molecule has 0 fully saturated rings. The molecule has 0 aromatic carbocycles. The fourth-order valence-electron chi connectivity index (χ4n) is 4.16. The number of aliphatic imine (C=N–C) groups is 1. The molecule has 1 unspecified atom stereocenters. The van der Waals surface area contributed by atoms with Crippen LogP contribution in [0.3, 0.4) is 0 Å². The Bertz CT molecular complexity index is 543. The van der Waals surface area contributed by atoms with Crippen molar-refractivity contribution >= 4 is 11.8 Å². The lowest BCUT2D eigenvalue weighted by molar-refractivity contribution is -0.778. The molecule has 0 aromatic heterocycles. The van der Waals surface area contributed by atoms with Crippen molar-refractivity contribution in [1.29, 1.82) is 0 Å². The van der Waals surface area contributed by atoms with Crippen LogP contribution in [-0.4, -0.2) is 41.0 Å². The first-order valence-electron chi connectivity index (χ1n) is 12.3. The molecule has 0 aliphatic carbocycles. The highest BCUT2D eigenvalue weighted by atomic mass is 16.4. The van der Waals surface area contributed by atoms with Gasteiger partial charge in [-0.05, 0) is 32.1 Å². The van der Waals surface area contributed by atoms with Crippen LogP contribution >= 0.6 is 0 Å². The van der Waals surface area contributed by atoms with E-state index in [0.717, 1.165) is 18.7 Å². The van der Waals surface area contributed by atoms with Crippen LogP contribution in [0.25, 0.3) is 0 Å². The summed E-state index contributed by atoms with van der Waals surface area (Å²) >= 11 is 0. The van der Waals surface area contributed by atoms with Crippen molar-refractivity contribution in [2.24, 2.45) is 10.7 Å². The quantitative estimate of drug-likeness (QED) is 0.141. The van der Waals surface area contributed by atoms with Gasteiger partial charge in [0, 0.05) is 13.0 Å². The summed E-state index contributed by atoms with van der Waals surface area (Å²) in [6, 6.07) is 0. The maximum Gasteiger partial charge on any atom is 0.360 e. The summed E-state index contributed by atoms with van der Waals surface area (Å²) in [6.45, 7) is 3.38. The minimum Gasteiger partial charge on any atom is -0.477 e. The molecule has 0 aromatic rings. The zero-order chi connectivity index (χ0) is 21.9. The maximum atomic E-state index is 11.3. The van der Waals surface area contributed by atoms with Gasteiger partial charge in [0.2, 0.25) is 5.84 Å². The minimum atomic E-state index is -0.801. The summed E-state index contributed by atoms with van der Waals surface area (Å²) in [6.07, 6.45) is 27.3. The summed E-state index contributed by atoms with van der Waals surface area (Å²) in [5.41, 5.74) is 5.72. The van der Waals surface area contributed by atoms with Gasteiger partial charge < -0.3 is 10.8 Å². The number of nitrogens with two attached hydrogens (primary N) is 1. The van der Waals surface area contributed by atoms with Crippen molar-refractivity contribution in [2.45, 2.75) is 103 Å². The Balaban J connectivity index is 2.00. The normalized spacial score (nSPS) is 18.4. The molecular weight excluding hydrogens is 374 g/mol. The van der Waals surface area contributed by atoms with Crippen LogP contribution in [0.5, 0.6) is 0 Å². The molecule has 3 N–H and O–H groups in total. The van der Waals surface area contributed by atoms with Crippen LogP contribution in [0.1, 0.15) is 103 Å². The Morgan fingerprint density at radius 1 is 0.967 bits per heavy atom. The molecule has 1 aliphatic rings. The van der Waals surface area contributed by atoms with E-state index in [1.165, 1.54) is 83.5 Å². The average molecular weight is 421 g/mol. The van der Waals surface area contributed by atoms with Crippen molar-refractivity contribution in [1.82, 2.24) is 0 Å². The van der Waals surface area contributed by atoms with Crippen molar-refractivity contribution in [3.05, 3.63) is 24.6 Å². The number of aliphatic carboxylic acids is 1. The molecule has 1 aliphatic heterocycles. The molecule has 172 valence electrons. The van der Waals surface area contributed by atoms with E-state index in [4.69, 9.17) is 5.73 Å². The molecule has 0 bridgehead atoms. The second-order valence-corrected chi connectivity index (χ2v) is 8.63. The van der Waals surface area contributed by atoms with Crippen LogP contribution in [0.4, 0.5) is 0 Å². The van der Waals surface area contributed by atoms with Crippen LogP contribution in [0.2, 0.25) is 0 Å². The molecule has 0 amide bonds. The number of amidine groups is 1. The summed E-state index contributed by atoms with van der Waals surface area (Å²) in [5.74, 6) is 0.157. The van der Waals surface area contributed by atoms with Crippen molar-refractivity contribution in [3.8, 4) is 0 Å². The Labute approximate surface area is 184 Å². The Morgan fingerprint density at radius 2 is 1.53 bits per heavy atom. The predicted molar refractivity (Wildman–Crippen MR) is 127 cm³/mol. The summed E-state index contributed by atoms with van der Waals surface area (Å²) in [4.78, 5) is 15.7. The Kier molecular flexibility index (Phi) is 15.3. The van der Waals surface area contributed by atoms with Crippen LogP contribution in [0.15, 0.2) is 29.5 Å². The monoisotopic (exact) mass is 420 g/mol. The summed E-state index contributed by atoms with van der Waals surface area (Å²) < 4.78 is 0.304. The minimum absolute atomic E-state index is 0.0415. The first kappa shape index (κ1) is 26.6. The number of quaternary nitrogens is 1. The SMILES string of the molecule is CCCCCCC/C=C/CCCCCCCCCC1=NC=C[N+]1(CCN)CC(=O)O. The van der Waals surface area contributed by atoms with E-state index in [1.54, 1.807) is 6.20 Å². The lowest BCUT2D eigenvalue weighted by Crippen LogP contribution is -2.52. The van der Waals surface area contributed by atoms with E-state index in [9.17, 15) is 9.90 Å². The number of carboxylic acids is 1. The standard InChI is InChI=1S/C25H45N3O2/c1-2-3-4-5-6-7-8-9-10-11-12-13-14-15-16-17-18-24-27-20-22-28(24,21-19-26)23-25(29)30/h8-9,20,22H,2-7,10-19,21,23,26H2,1H3/p+1/b9-8+. The average Bonchev–Trinajstić information content (AvgIpc) is 3.09. The van der Waals surface area contributed by atoms with Gasteiger partial charge in [-0.15, -0.1) is 0 Å². The molecule has 5 nitrogen and oxygen atoms in total. The van der Waals surface area contributed by atoms with Gasteiger partial charge in [0.25, 0.3) is 0 Å². The van der Waals surface area contributed by atoms with E-state index in [1.807, 2.05) is 6.20 Å². The Morgan fingerprint density at radius 3 is 2.10 bits per heavy atom. The topological polar surface area (TPSA) is 75.7 Å². The molecule has 0 radical (unpaired) electrons. The van der Waals surface area contributed by atoms with Crippen molar-refractivity contribution in [2.75, 3.05) is 19.6 Å². The number of rotatable bonds is 20. The van der Waals surface area contributed by atoms with E-state index in [0.29, 0.717) is 17.6 Å². The van der Waals surface area contributed by atoms with Crippen LogP contribution in [-0.2, 0) is 4.79 Å². The third kappa shape index (κ3) is 11.7. The fraction of sp³-hybridized carbons (Fsp3) is 0.760. The van der Waals surface area contributed by atoms with E-state index in [2.05, 4.69) is 24.1 Å². The van der Waals surface area contributed by atoms with Gasteiger partial charge in [-0.25, -0.2) is 14.3 Å². The third-order valence-electron chi connectivity index (χ3n) is 5.95. The predicted octanol–water partition coefficient (Wildman–Crippen LogP) is 6.16. The second kappa shape index (κ2) is 17.2. The highest BCUT2D eigenvalue weighted by Gasteiger charge is 2.36. The molecular formula is C25H46N3O2+. The lowest BCUT2D eigenvalue weighted by atomic mass is 10.1. The first-order chi connectivity index (χ1) is 14.6. The van der Waals surface area contributed by atoms with Crippen LogP contribution in [0, 0.1) is 0 Å². The fourth-order valence-corrected chi connectivity index (χ4v) is 4.16. The lowest BCUT2D eigenvalue weighted by Gasteiger charge is -2.30. The highest BCUT2D eigenvalue weighted by molar-refractivity contribution is 5.81. The third-order valence-corrected chi connectivity index (χ3v) is 5.95.